The number of hydrogen-bond donors (Lipinski definition) is 0. The van der Waals surface area contributed by atoms with Gasteiger partial charge in [-0.3, -0.25) is 0 Å². The Labute approximate surface area is 80.6 Å². The normalized spacial score (nSPS) is 11.2. The monoisotopic (exact) mass is 172 g/mol. The molecule has 0 N–H and O–H groups in total. The quantitative estimate of drug-likeness (QED) is 0.590. The molecule has 0 saturated heterocycles. The first-order chi connectivity index (χ1) is 6.24. The van der Waals surface area contributed by atoms with E-state index < -0.39 is 0 Å². The molecule has 0 spiro atoms. The SMILES string of the molecule is C/C=C(/C=C(C)C)c1ccccc1. The highest BCUT2D eigenvalue weighted by Crippen LogP contribution is 2.16. The van der Waals surface area contributed by atoms with Crippen LogP contribution in [-0.4, -0.2) is 0 Å². The number of rotatable bonds is 2. The average Bonchev–Trinajstić information content (AvgIpc) is 2.15. The Kier molecular flexibility index (Phi) is 3.51. The van der Waals surface area contributed by atoms with E-state index in [-0.39, 0.29) is 0 Å². The lowest BCUT2D eigenvalue weighted by molar-refractivity contribution is 1.39. The van der Waals surface area contributed by atoms with Crippen molar-refractivity contribution in [3.63, 3.8) is 0 Å². The van der Waals surface area contributed by atoms with Crippen LogP contribution in [0.4, 0.5) is 0 Å². The molecule has 68 valence electrons. The van der Waals surface area contributed by atoms with E-state index in [4.69, 9.17) is 0 Å². The van der Waals surface area contributed by atoms with Crippen molar-refractivity contribution in [3.05, 3.63) is 53.6 Å². The molecule has 1 aromatic carbocycles. The van der Waals surface area contributed by atoms with Crippen LogP contribution >= 0.6 is 0 Å². The third-order valence-electron chi connectivity index (χ3n) is 1.86. The second-order valence-corrected chi connectivity index (χ2v) is 3.33. The van der Waals surface area contributed by atoms with Crippen molar-refractivity contribution in [3.8, 4) is 0 Å². The van der Waals surface area contributed by atoms with Gasteiger partial charge in [0.2, 0.25) is 0 Å². The van der Waals surface area contributed by atoms with Crippen LogP contribution in [0.1, 0.15) is 26.3 Å². The van der Waals surface area contributed by atoms with Crippen molar-refractivity contribution in [2.24, 2.45) is 0 Å². The van der Waals surface area contributed by atoms with Crippen molar-refractivity contribution in [1.29, 1.82) is 0 Å². The molecule has 0 heteroatoms. The molecule has 0 amide bonds. The first-order valence-corrected chi connectivity index (χ1v) is 4.60. The zero-order valence-electron chi connectivity index (χ0n) is 8.54. The van der Waals surface area contributed by atoms with Gasteiger partial charge in [0, 0.05) is 0 Å². The molecule has 0 saturated carbocycles. The maximum atomic E-state index is 2.20. The third-order valence-corrected chi connectivity index (χ3v) is 1.86. The lowest BCUT2D eigenvalue weighted by Gasteiger charge is -2.01. The molecule has 0 heterocycles. The molecular formula is C13H16. The number of hydrogen-bond acceptors (Lipinski definition) is 0. The van der Waals surface area contributed by atoms with Crippen LogP contribution in [0.15, 0.2) is 48.1 Å². The van der Waals surface area contributed by atoms with Crippen LogP contribution in [0, 0.1) is 0 Å². The van der Waals surface area contributed by atoms with Gasteiger partial charge >= 0.3 is 0 Å². The van der Waals surface area contributed by atoms with E-state index in [0.29, 0.717) is 0 Å². The van der Waals surface area contributed by atoms with Gasteiger partial charge in [-0.2, -0.15) is 0 Å². The summed E-state index contributed by atoms with van der Waals surface area (Å²) in [5, 5.41) is 0. The summed E-state index contributed by atoms with van der Waals surface area (Å²) in [6.07, 6.45) is 4.34. The second kappa shape index (κ2) is 4.66. The van der Waals surface area contributed by atoms with Gasteiger partial charge in [-0.15, -0.1) is 0 Å². The van der Waals surface area contributed by atoms with E-state index in [2.05, 4.69) is 57.2 Å². The minimum absolute atomic E-state index is 1.28. The summed E-state index contributed by atoms with van der Waals surface area (Å²) < 4.78 is 0. The van der Waals surface area contributed by atoms with E-state index in [0.717, 1.165) is 0 Å². The topological polar surface area (TPSA) is 0 Å². The summed E-state index contributed by atoms with van der Waals surface area (Å²) in [7, 11) is 0. The van der Waals surface area contributed by atoms with Gasteiger partial charge in [-0.05, 0) is 31.9 Å². The molecule has 0 aromatic heterocycles. The van der Waals surface area contributed by atoms with Gasteiger partial charge in [-0.25, -0.2) is 0 Å². The Bertz CT molecular complexity index is 311. The zero-order chi connectivity index (χ0) is 9.68. The van der Waals surface area contributed by atoms with Crippen LogP contribution in [0.25, 0.3) is 5.57 Å². The summed E-state index contributed by atoms with van der Waals surface area (Å²) in [6.45, 7) is 6.31. The maximum absolute atomic E-state index is 2.20. The summed E-state index contributed by atoms with van der Waals surface area (Å²) in [5.41, 5.74) is 3.91. The van der Waals surface area contributed by atoms with Gasteiger partial charge in [0.1, 0.15) is 0 Å². The van der Waals surface area contributed by atoms with Crippen LogP contribution in [0.5, 0.6) is 0 Å². The average molecular weight is 172 g/mol. The van der Waals surface area contributed by atoms with E-state index in [1.807, 2.05) is 6.07 Å². The van der Waals surface area contributed by atoms with Gasteiger partial charge in [0.15, 0.2) is 0 Å². The molecule has 0 atom stereocenters. The molecule has 0 unspecified atom stereocenters. The molecule has 1 aromatic rings. The van der Waals surface area contributed by atoms with Crippen molar-refractivity contribution in [1.82, 2.24) is 0 Å². The minimum Gasteiger partial charge on any atom is -0.0798 e. The highest BCUT2D eigenvalue weighted by Gasteiger charge is 1.94. The Morgan fingerprint density at radius 1 is 1.08 bits per heavy atom. The first kappa shape index (κ1) is 9.79. The van der Waals surface area contributed by atoms with Crippen molar-refractivity contribution in [2.75, 3.05) is 0 Å². The predicted molar refractivity (Wildman–Crippen MR) is 59.5 cm³/mol. The first-order valence-electron chi connectivity index (χ1n) is 4.60. The molecule has 13 heavy (non-hydrogen) atoms. The minimum atomic E-state index is 1.28. The van der Waals surface area contributed by atoms with Crippen LogP contribution in [0.2, 0.25) is 0 Å². The van der Waals surface area contributed by atoms with E-state index in [1.54, 1.807) is 0 Å². The van der Waals surface area contributed by atoms with E-state index in [1.165, 1.54) is 16.7 Å². The maximum Gasteiger partial charge on any atom is -0.0187 e. The van der Waals surface area contributed by atoms with Crippen LogP contribution < -0.4 is 0 Å². The van der Waals surface area contributed by atoms with Gasteiger partial charge in [0.25, 0.3) is 0 Å². The molecule has 0 radical (unpaired) electrons. The lowest BCUT2D eigenvalue weighted by Crippen LogP contribution is -1.79. The largest absolute Gasteiger partial charge is 0.0798 e. The zero-order valence-corrected chi connectivity index (χ0v) is 8.54. The summed E-state index contributed by atoms with van der Waals surface area (Å²) in [5.74, 6) is 0. The van der Waals surface area contributed by atoms with Crippen LogP contribution in [-0.2, 0) is 0 Å². The second-order valence-electron chi connectivity index (χ2n) is 3.33. The van der Waals surface area contributed by atoms with Gasteiger partial charge in [-0.1, -0.05) is 48.1 Å². The number of allylic oxidation sites excluding steroid dienone is 4. The summed E-state index contributed by atoms with van der Waals surface area (Å²) in [6, 6.07) is 10.4. The molecule has 0 fully saturated rings. The Morgan fingerprint density at radius 2 is 1.69 bits per heavy atom. The fourth-order valence-corrected chi connectivity index (χ4v) is 1.27. The third kappa shape index (κ3) is 2.90. The number of benzene rings is 1. The molecule has 0 aliphatic heterocycles. The van der Waals surface area contributed by atoms with Crippen molar-refractivity contribution >= 4 is 5.57 Å². The molecule has 1 rings (SSSR count). The highest BCUT2D eigenvalue weighted by molar-refractivity contribution is 5.74. The van der Waals surface area contributed by atoms with Gasteiger partial charge in [0.05, 0.1) is 0 Å². The summed E-state index contributed by atoms with van der Waals surface area (Å²) >= 11 is 0. The van der Waals surface area contributed by atoms with E-state index >= 15 is 0 Å². The fraction of sp³-hybridized carbons (Fsp3) is 0.231. The van der Waals surface area contributed by atoms with E-state index in [9.17, 15) is 0 Å². The smallest absolute Gasteiger partial charge is 0.0187 e. The van der Waals surface area contributed by atoms with Gasteiger partial charge < -0.3 is 0 Å². The van der Waals surface area contributed by atoms with Crippen molar-refractivity contribution < 1.29 is 0 Å². The lowest BCUT2D eigenvalue weighted by atomic mass is 10.0. The molecule has 0 nitrogen and oxygen atoms in total. The summed E-state index contributed by atoms with van der Waals surface area (Å²) in [4.78, 5) is 0. The van der Waals surface area contributed by atoms with Crippen molar-refractivity contribution in [2.45, 2.75) is 20.8 Å². The molecule has 0 aliphatic rings. The van der Waals surface area contributed by atoms with Crippen LogP contribution in [0.3, 0.4) is 0 Å². The Hall–Kier alpha value is -1.30. The molecular weight excluding hydrogens is 156 g/mol. The molecule has 0 aliphatic carbocycles. The Morgan fingerprint density at radius 3 is 2.15 bits per heavy atom. The fourth-order valence-electron chi connectivity index (χ4n) is 1.27. The molecule has 0 bridgehead atoms. The highest BCUT2D eigenvalue weighted by atomic mass is 14.0. The predicted octanol–water partition coefficient (Wildman–Crippen LogP) is 4.06. The Balaban J connectivity index is 3.00. The standard InChI is InChI=1S/C13H16/c1-4-12(10-11(2)3)13-8-6-5-7-9-13/h4-10H,1-3H3/b12-4-.